The van der Waals surface area contributed by atoms with E-state index in [0.717, 1.165) is 44.7 Å². The van der Waals surface area contributed by atoms with Crippen molar-refractivity contribution in [3.05, 3.63) is 30.3 Å². The lowest BCUT2D eigenvalue weighted by molar-refractivity contribution is -0.123. The van der Waals surface area contributed by atoms with Crippen molar-refractivity contribution in [1.82, 2.24) is 10.2 Å². The van der Waals surface area contributed by atoms with Crippen molar-refractivity contribution in [3.8, 4) is 0 Å². The lowest BCUT2D eigenvalue weighted by Gasteiger charge is -2.30. The van der Waals surface area contributed by atoms with Crippen LogP contribution in [-0.2, 0) is 4.79 Å². The molecule has 126 valence electrons. The summed E-state index contributed by atoms with van der Waals surface area (Å²) in [4.78, 5) is 16.9. The van der Waals surface area contributed by atoms with Gasteiger partial charge in [0.25, 0.3) is 0 Å². The predicted molar refractivity (Wildman–Crippen MR) is 97.4 cm³/mol. The van der Waals surface area contributed by atoms with Gasteiger partial charge in [-0.15, -0.1) is 24.8 Å². The first-order valence-electron chi connectivity index (χ1n) is 7.40. The van der Waals surface area contributed by atoms with Crippen LogP contribution in [0.25, 0.3) is 0 Å². The zero-order valence-electron chi connectivity index (χ0n) is 13.3. The molecule has 1 aliphatic rings. The number of likely N-dealkylation sites (N-methyl/N-ethyl adjacent to an activating group) is 1. The molecule has 1 heterocycles. The summed E-state index contributed by atoms with van der Waals surface area (Å²) in [6, 6.07) is 10.0. The molecule has 0 radical (unpaired) electrons. The SMILES string of the molecule is CN(C)CCN(C(=O)C1CCNCC1)c1ccccc1.Cl.Cl. The zero-order valence-corrected chi connectivity index (χ0v) is 15.0. The Morgan fingerprint density at radius 2 is 1.68 bits per heavy atom. The van der Waals surface area contributed by atoms with Gasteiger partial charge >= 0.3 is 0 Å². The van der Waals surface area contributed by atoms with Gasteiger partial charge in [0.15, 0.2) is 0 Å². The smallest absolute Gasteiger partial charge is 0.230 e. The van der Waals surface area contributed by atoms with Crippen molar-refractivity contribution in [2.75, 3.05) is 45.2 Å². The van der Waals surface area contributed by atoms with Crippen LogP contribution < -0.4 is 10.2 Å². The molecule has 0 saturated carbocycles. The molecule has 1 aromatic carbocycles. The van der Waals surface area contributed by atoms with Crippen molar-refractivity contribution >= 4 is 36.4 Å². The number of piperidine rings is 1. The van der Waals surface area contributed by atoms with E-state index in [1.54, 1.807) is 0 Å². The van der Waals surface area contributed by atoms with Gasteiger partial charge < -0.3 is 15.1 Å². The Labute approximate surface area is 146 Å². The van der Waals surface area contributed by atoms with Crippen molar-refractivity contribution in [1.29, 1.82) is 0 Å². The van der Waals surface area contributed by atoms with Gasteiger partial charge in [-0.25, -0.2) is 0 Å². The van der Waals surface area contributed by atoms with Gasteiger partial charge in [0.05, 0.1) is 0 Å². The van der Waals surface area contributed by atoms with Crippen LogP contribution in [-0.4, -0.2) is 51.1 Å². The van der Waals surface area contributed by atoms with E-state index in [1.807, 2.05) is 49.3 Å². The maximum absolute atomic E-state index is 12.8. The van der Waals surface area contributed by atoms with Crippen molar-refractivity contribution in [2.45, 2.75) is 12.8 Å². The fraction of sp³-hybridized carbons (Fsp3) is 0.562. The largest absolute Gasteiger partial charge is 0.317 e. The summed E-state index contributed by atoms with van der Waals surface area (Å²) in [6.45, 7) is 3.53. The van der Waals surface area contributed by atoms with E-state index in [4.69, 9.17) is 0 Å². The second-order valence-electron chi connectivity index (χ2n) is 5.65. The first kappa shape index (κ1) is 21.2. The molecule has 1 amide bonds. The van der Waals surface area contributed by atoms with Gasteiger partial charge in [-0.1, -0.05) is 18.2 Å². The van der Waals surface area contributed by atoms with Crippen LogP contribution in [0.4, 0.5) is 5.69 Å². The number of halogens is 2. The molecule has 0 spiro atoms. The molecule has 1 aliphatic heterocycles. The van der Waals surface area contributed by atoms with E-state index < -0.39 is 0 Å². The number of nitrogens with one attached hydrogen (secondary N) is 1. The molecule has 0 aromatic heterocycles. The van der Waals surface area contributed by atoms with Gasteiger partial charge in [-0.05, 0) is 52.2 Å². The highest BCUT2D eigenvalue weighted by Gasteiger charge is 2.26. The van der Waals surface area contributed by atoms with E-state index in [0.29, 0.717) is 0 Å². The van der Waals surface area contributed by atoms with Crippen molar-refractivity contribution in [2.24, 2.45) is 5.92 Å². The molecule has 0 aliphatic carbocycles. The number of hydrogen-bond donors (Lipinski definition) is 1. The normalized spacial score (nSPS) is 14.9. The third-order valence-corrected chi connectivity index (χ3v) is 3.79. The molecule has 4 nitrogen and oxygen atoms in total. The summed E-state index contributed by atoms with van der Waals surface area (Å²) >= 11 is 0. The third kappa shape index (κ3) is 6.13. The highest BCUT2D eigenvalue weighted by Crippen LogP contribution is 2.21. The predicted octanol–water partition coefficient (Wildman–Crippen LogP) is 2.42. The number of anilines is 1. The van der Waals surface area contributed by atoms with Gasteiger partial charge in [0, 0.05) is 24.7 Å². The number of carbonyl (C=O) groups is 1. The summed E-state index contributed by atoms with van der Waals surface area (Å²) in [5.74, 6) is 0.443. The summed E-state index contributed by atoms with van der Waals surface area (Å²) < 4.78 is 0. The maximum atomic E-state index is 12.8. The molecular formula is C16H27Cl2N3O. The number of benzene rings is 1. The van der Waals surface area contributed by atoms with Crippen molar-refractivity contribution in [3.63, 3.8) is 0 Å². The summed E-state index contributed by atoms with van der Waals surface area (Å²) in [6.07, 6.45) is 1.90. The first-order valence-corrected chi connectivity index (χ1v) is 7.40. The minimum Gasteiger partial charge on any atom is -0.317 e. The average Bonchev–Trinajstić information content (AvgIpc) is 2.49. The monoisotopic (exact) mass is 347 g/mol. The Hall–Kier alpha value is -0.810. The Balaban J connectivity index is 0.00000220. The third-order valence-electron chi connectivity index (χ3n) is 3.79. The van der Waals surface area contributed by atoms with Crippen LogP contribution in [0, 0.1) is 5.92 Å². The average molecular weight is 348 g/mol. The number of para-hydroxylation sites is 1. The van der Waals surface area contributed by atoms with Crippen molar-refractivity contribution < 1.29 is 4.79 Å². The fourth-order valence-corrected chi connectivity index (χ4v) is 2.56. The van der Waals surface area contributed by atoms with E-state index in [-0.39, 0.29) is 36.6 Å². The molecule has 1 saturated heterocycles. The molecular weight excluding hydrogens is 321 g/mol. The van der Waals surface area contributed by atoms with Gasteiger partial charge in [0.1, 0.15) is 0 Å². The highest BCUT2D eigenvalue weighted by molar-refractivity contribution is 5.95. The Morgan fingerprint density at radius 3 is 2.23 bits per heavy atom. The Bertz CT molecular complexity index is 423. The molecule has 6 heteroatoms. The van der Waals surface area contributed by atoms with Crippen LogP contribution in [0.2, 0.25) is 0 Å². The van der Waals surface area contributed by atoms with Gasteiger partial charge in [-0.2, -0.15) is 0 Å². The molecule has 1 N–H and O–H groups in total. The summed E-state index contributed by atoms with van der Waals surface area (Å²) in [5.41, 5.74) is 1.01. The van der Waals surface area contributed by atoms with Crippen LogP contribution in [0.3, 0.4) is 0 Å². The Kier molecular flexibility index (Phi) is 10.4. The van der Waals surface area contributed by atoms with E-state index in [1.165, 1.54) is 0 Å². The number of carbonyl (C=O) groups excluding carboxylic acids is 1. The summed E-state index contributed by atoms with van der Waals surface area (Å²) in [5, 5.41) is 3.32. The minimum atomic E-state index is 0. The van der Waals surface area contributed by atoms with E-state index >= 15 is 0 Å². The number of rotatable bonds is 5. The van der Waals surface area contributed by atoms with Gasteiger partial charge in [0.2, 0.25) is 5.91 Å². The second-order valence-corrected chi connectivity index (χ2v) is 5.65. The quantitative estimate of drug-likeness (QED) is 0.888. The molecule has 0 bridgehead atoms. The molecule has 22 heavy (non-hydrogen) atoms. The highest BCUT2D eigenvalue weighted by atomic mass is 35.5. The molecule has 1 aromatic rings. The van der Waals surface area contributed by atoms with E-state index in [9.17, 15) is 4.79 Å². The summed E-state index contributed by atoms with van der Waals surface area (Å²) in [7, 11) is 4.08. The van der Waals surface area contributed by atoms with Crippen LogP contribution in [0.1, 0.15) is 12.8 Å². The number of hydrogen-bond acceptors (Lipinski definition) is 3. The topological polar surface area (TPSA) is 35.6 Å². The Morgan fingerprint density at radius 1 is 1.09 bits per heavy atom. The lowest BCUT2D eigenvalue weighted by Crippen LogP contribution is -2.43. The van der Waals surface area contributed by atoms with Crippen LogP contribution >= 0.6 is 24.8 Å². The van der Waals surface area contributed by atoms with Crippen LogP contribution in [0.15, 0.2) is 30.3 Å². The molecule has 2 rings (SSSR count). The maximum Gasteiger partial charge on any atom is 0.230 e. The zero-order chi connectivity index (χ0) is 14.4. The van der Waals surface area contributed by atoms with Crippen LogP contribution in [0.5, 0.6) is 0 Å². The molecule has 0 unspecified atom stereocenters. The molecule has 0 atom stereocenters. The standard InChI is InChI=1S/C16H25N3O.2ClH/c1-18(2)12-13-19(15-6-4-3-5-7-15)16(20)14-8-10-17-11-9-14;;/h3-7,14,17H,8-13H2,1-2H3;2*1H. The first-order chi connectivity index (χ1) is 9.68. The second kappa shape index (κ2) is 10.8. The lowest BCUT2D eigenvalue weighted by atomic mass is 9.96. The number of amides is 1. The minimum absolute atomic E-state index is 0. The molecule has 1 fully saturated rings. The van der Waals surface area contributed by atoms with Gasteiger partial charge in [-0.3, -0.25) is 4.79 Å². The number of nitrogens with zero attached hydrogens (tertiary/aromatic N) is 2. The van der Waals surface area contributed by atoms with E-state index in [2.05, 4.69) is 10.2 Å². The fourth-order valence-electron chi connectivity index (χ4n) is 2.56.